The Balaban J connectivity index is 3.06. The minimum absolute atomic E-state index is 0.0214. The summed E-state index contributed by atoms with van der Waals surface area (Å²) in [5.41, 5.74) is 2.65. The zero-order chi connectivity index (χ0) is 15.1. The summed E-state index contributed by atoms with van der Waals surface area (Å²) in [5, 5.41) is 12.2. The number of rotatable bonds is 7. The number of benzene rings is 1. The molecule has 1 amide bonds. The summed E-state index contributed by atoms with van der Waals surface area (Å²) in [7, 11) is 0. The molecule has 0 saturated heterocycles. The third-order valence-electron chi connectivity index (χ3n) is 3.21. The topological polar surface area (TPSA) is 52.6 Å². The van der Waals surface area contributed by atoms with Crippen molar-refractivity contribution >= 4 is 11.6 Å². The number of anilines is 1. The first-order valence-electron chi connectivity index (χ1n) is 7.27. The van der Waals surface area contributed by atoms with Gasteiger partial charge in [-0.1, -0.05) is 11.6 Å². The van der Waals surface area contributed by atoms with Gasteiger partial charge in [-0.3, -0.25) is 4.79 Å². The Bertz CT molecular complexity index is 444. The average molecular weight is 278 g/mol. The third-order valence-corrected chi connectivity index (χ3v) is 3.21. The van der Waals surface area contributed by atoms with E-state index in [1.807, 2.05) is 50.8 Å². The van der Waals surface area contributed by atoms with Crippen molar-refractivity contribution in [2.75, 3.05) is 25.0 Å². The Labute approximate surface area is 121 Å². The number of aryl methyl sites for hydroxylation is 1. The van der Waals surface area contributed by atoms with Crippen LogP contribution in [-0.4, -0.2) is 41.7 Å². The largest absolute Gasteiger partial charge is 0.396 e. The number of carbonyl (C=O) groups excluding carboxylic acids is 1. The lowest BCUT2D eigenvalue weighted by Gasteiger charge is -2.27. The summed E-state index contributed by atoms with van der Waals surface area (Å²) < 4.78 is 0. The van der Waals surface area contributed by atoms with Crippen molar-refractivity contribution in [3.05, 3.63) is 29.3 Å². The Morgan fingerprint density at radius 1 is 1.40 bits per heavy atom. The van der Waals surface area contributed by atoms with E-state index < -0.39 is 0 Å². The molecule has 0 saturated carbocycles. The molecule has 0 unspecified atom stereocenters. The molecule has 112 valence electrons. The van der Waals surface area contributed by atoms with Crippen molar-refractivity contribution in [1.29, 1.82) is 0 Å². The molecular weight excluding hydrogens is 252 g/mol. The number of nitrogens with zero attached hydrogens (tertiary/aromatic N) is 1. The molecule has 0 aromatic heterocycles. The van der Waals surface area contributed by atoms with E-state index in [1.165, 1.54) is 0 Å². The highest BCUT2D eigenvalue weighted by Gasteiger charge is 2.21. The van der Waals surface area contributed by atoms with Crippen LogP contribution in [0.4, 0.5) is 5.69 Å². The number of hydrogen-bond acceptors (Lipinski definition) is 3. The van der Waals surface area contributed by atoms with E-state index in [2.05, 4.69) is 5.32 Å². The van der Waals surface area contributed by atoms with Crippen molar-refractivity contribution in [2.45, 2.75) is 40.2 Å². The molecule has 0 atom stereocenters. The van der Waals surface area contributed by atoms with Crippen molar-refractivity contribution in [3.8, 4) is 0 Å². The van der Waals surface area contributed by atoms with Crippen LogP contribution < -0.4 is 5.32 Å². The molecule has 0 aliphatic heterocycles. The number of carbonyl (C=O) groups is 1. The first-order chi connectivity index (χ1) is 9.51. The molecule has 4 nitrogen and oxygen atoms in total. The lowest BCUT2D eigenvalue weighted by Crippen LogP contribution is -2.38. The third kappa shape index (κ3) is 4.23. The fourth-order valence-electron chi connectivity index (χ4n) is 2.17. The molecule has 0 bridgehead atoms. The molecule has 0 fully saturated rings. The molecule has 0 aliphatic rings. The lowest BCUT2D eigenvalue weighted by molar-refractivity contribution is 0.0694. The quantitative estimate of drug-likeness (QED) is 0.806. The average Bonchev–Trinajstić information content (AvgIpc) is 2.41. The Kier molecular flexibility index (Phi) is 6.52. The van der Waals surface area contributed by atoms with Gasteiger partial charge >= 0.3 is 0 Å². The first kappa shape index (κ1) is 16.5. The van der Waals surface area contributed by atoms with Crippen LogP contribution in [0.15, 0.2) is 18.2 Å². The highest BCUT2D eigenvalue weighted by molar-refractivity contribution is 6.00. The Morgan fingerprint density at radius 2 is 2.10 bits per heavy atom. The van der Waals surface area contributed by atoms with E-state index in [1.54, 1.807) is 0 Å². The van der Waals surface area contributed by atoms with E-state index in [4.69, 9.17) is 5.11 Å². The van der Waals surface area contributed by atoms with E-state index in [0.29, 0.717) is 18.5 Å². The highest BCUT2D eigenvalue weighted by atomic mass is 16.3. The van der Waals surface area contributed by atoms with Gasteiger partial charge < -0.3 is 15.3 Å². The molecular formula is C16H26N2O2. The van der Waals surface area contributed by atoms with Crippen LogP contribution in [0, 0.1) is 6.92 Å². The van der Waals surface area contributed by atoms with Crippen LogP contribution in [-0.2, 0) is 0 Å². The fourth-order valence-corrected chi connectivity index (χ4v) is 2.17. The molecule has 0 radical (unpaired) electrons. The standard InChI is InChI=1S/C16H26N2O2/c1-5-17-15-8-7-13(4)11-14(15)16(20)18(12(2)3)9-6-10-19/h7-8,11-12,17,19H,5-6,9-10H2,1-4H3. The first-order valence-corrected chi connectivity index (χ1v) is 7.27. The predicted molar refractivity (Wildman–Crippen MR) is 83.2 cm³/mol. The van der Waals surface area contributed by atoms with Crippen molar-refractivity contribution in [1.82, 2.24) is 4.90 Å². The molecule has 0 heterocycles. The molecule has 1 rings (SSSR count). The van der Waals surface area contributed by atoms with Crippen LogP contribution in [0.1, 0.15) is 43.1 Å². The fraction of sp³-hybridized carbons (Fsp3) is 0.562. The van der Waals surface area contributed by atoms with Gasteiger partial charge in [-0.15, -0.1) is 0 Å². The second-order valence-corrected chi connectivity index (χ2v) is 5.25. The van der Waals surface area contributed by atoms with E-state index in [-0.39, 0.29) is 18.6 Å². The van der Waals surface area contributed by atoms with Crippen LogP contribution in [0.25, 0.3) is 0 Å². The SMILES string of the molecule is CCNc1ccc(C)cc1C(=O)N(CCCO)C(C)C. The van der Waals surface area contributed by atoms with Crippen molar-refractivity contribution < 1.29 is 9.90 Å². The summed E-state index contributed by atoms with van der Waals surface area (Å²) in [6, 6.07) is 6.00. The number of aliphatic hydroxyl groups is 1. The van der Waals surface area contributed by atoms with E-state index in [0.717, 1.165) is 17.8 Å². The van der Waals surface area contributed by atoms with Gasteiger partial charge in [0.05, 0.1) is 5.56 Å². The van der Waals surface area contributed by atoms with Gasteiger partial charge in [0.1, 0.15) is 0 Å². The predicted octanol–water partition coefficient (Wildman–Crippen LogP) is 2.66. The molecule has 0 spiro atoms. The molecule has 4 heteroatoms. The van der Waals surface area contributed by atoms with Gasteiger partial charge in [0.15, 0.2) is 0 Å². The smallest absolute Gasteiger partial charge is 0.256 e. The monoisotopic (exact) mass is 278 g/mol. The van der Waals surface area contributed by atoms with Crippen LogP contribution in [0.3, 0.4) is 0 Å². The van der Waals surface area contributed by atoms with Crippen LogP contribution in [0.2, 0.25) is 0 Å². The van der Waals surface area contributed by atoms with Gasteiger partial charge in [-0.25, -0.2) is 0 Å². The van der Waals surface area contributed by atoms with Gasteiger partial charge in [-0.2, -0.15) is 0 Å². The summed E-state index contributed by atoms with van der Waals surface area (Å²) in [5.74, 6) is 0.0214. The minimum atomic E-state index is 0.0214. The Morgan fingerprint density at radius 3 is 2.65 bits per heavy atom. The number of amides is 1. The van der Waals surface area contributed by atoms with E-state index >= 15 is 0 Å². The lowest BCUT2D eigenvalue weighted by atomic mass is 10.1. The zero-order valence-corrected chi connectivity index (χ0v) is 12.9. The molecule has 2 N–H and O–H groups in total. The second kappa shape index (κ2) is 7.90. The zero-order valence-electron chi connectivity index (χ0n) is 12.9. The van der Waals surface area contributed by atoms with Gasteiger partial charge in [0.2, 0.25) is 0 Å². The number of nitrogens with one attached hydrogen (secondary N) is 1. The van der Waals surface area contributed by atoms with Gasteiger partial charge in [0.25, 0.3) is 5.91 Å². The van der Waals surface area contributed by atoms with Crippen LogP contribution >= 0.6 is 0 Å². The highest BCUT2D eigenvalue weighted by Crippen LogP contribution is 2.20. The van der Waals surface area contributed by atoms with E-state index in [9.17, 15) is 4.79 Å². The minimum Gasteiger partial charge on any atom is -0.396 e. The number of hydrogen-bond donors (Lipinski definition) is 2. The maximum absolute atomic E-state index is 12.7. The Hall–Kier alpha value is -1.55. The summed E-state index contributed by atoms with van der Waals surface area (Å²) in [6.07, 6.45) is 0.603. The maximum Gasteiger partial charge on any atom is 0.256 e. The normalized spacial score (nSPS) is 10.7. The second-order valence-electron chi connectivity index (χ2n) is 5.25. The molecule has 1 aromatic carbocycles. The van der Waals surface area contributed by atoms with Gasteiger partial charge in [-0.05, 0) is 46.2 Å². The van der Waals surface area contributed by atoms with Crippen LogP contribution in [0.5, 0.6) is 0 Å². The molecule has 20 heavy (non-hydrogen) atoms. The summed E-state index contributed by atoms with van der Waals surface area (Å²) in [6.45, 7) is 9.45. The molecule has 1 aromatic rings. The summed E-state index contributed by atoms with van der Waals surface area (Å²) >= 11 is 0. The van der Waals surface area contributed by atoms with Crippen molar-refractivity contribution in [2.24, 2.45) is 0 Å². The molecule has 0 aliphatic carbocycles. The number of aliphatic hydroxyl groups excluding tert-OH is 1. The summed E-state index contributed by atoms with van der Waals surface area (Å²) in [4.78, 5) is 14.6. The van der Waals surface area contributed by atoms with Gasteiger partial charge in [0, 0.05) is 31.4 Å². The maximum atomic E-state index is 12.7. The van der Waals surface area contributed by atoms with Crippen molar-refractivity contribution in [3.63, 3.8) is 0 Å².